The first-order valence-electron chi connectivity index (χ1n) is 6.78. The summed E-state index contributed by atoms with van der Waals surface area (Å²) in [5.41, 5.74) is 2.29. The summed E-state index contributed by atoms with van der Waals surface area (Å²) in [6.07, 6.45) is 2.21. The molecule has 0 radical (unpaired) electrons. The molecule has 2 nitrogen and oxygen atoms in total. The van der Waals surface area contributed by atoms with E-state index in [9.17, 15) is 0 Å². The molecule has 2 heteroatoms. The lowest BCUT2D eigenvalue weighted by Crippen LogP contribution is -2.22. The highest BCUT2D eigenvalue weighted by Gasteiger charge is 2.13. The third-order valence-corrected chi connectivity index (χ3v) is 2.82. The standard InChI is InChI=1S/C16H25NO/c1-5-11-17-15(6-2)14-9-7-8-10-16(14)18-12-13(3)4/h7-10,15,17H,3,5-6,11-12H2,1-2,4H3. The molecule has 0 aliphatic rings. The van der Waals surface area contributed by atoms with Gasteiger partial charge in [-0.2, -0.15) is 0 Å². The number of rotatable bonds is 8. The van der Waals surface area contributed by atoms with Gasteiger partial charge in [0.05, 0.1) is 0 Å². The summed E-state index contributed by atoms with van der Waals surface area (Å²) in [5, 5.41) is 3.56. The zero-order valence-corrected chi connectivity index (χ0v) is 11.8. The van der Waals surface area contributed by atoms with Crippen molar-refractivity contribution in [2.75, 3.05) is 13.2 Å². The molecule has 18 heavy (non-hydrogen) atoms. The average molecular weight is 247 g/mol. The Kier molecular flexibility index (Phi) is 6.51. The Morgan fingerprint density at radius 2 is 2.06 bits per heavy atom. The summed E-state index contributed by atoms with van der Waals surface area (Å²) in [6.45, 7) is 11.9. The van der Waals surface area contributed by atoms with Gasteiger partial charge in [-0.05, 0) is 37.9 Å². The predicted octanol–water partition coefficient (Wildman–Crippen LogP) is 4.09. The van der Waals surface area contributed by atoms with Crippen molar-refractivity contribution in [3.8, 4) is 5.75 Å². The maximum absolute atomic E-state index is 5.82. The van der Waals surface area contributed by atoms with Gasteiger partial charge in [0.1, 0.15) is 12.4 Å². The van der Waals surface area contributed by atoms with Crippen LogP contribution < -0.4 is 10.1 Å². The molecule has 0 aliphatic carbocycles. The Bertz CT molecular complexity index is 373. The highest BCUT2D eigenvalue weighted by Crippen LogP contribution is 2.27. The lowest BCUT2D eigenvalue weighted by atomic mass is 10.0. The summed E-state index contributed by atoms with van der Waals surface area (Å²) in [5.74, 6) is 0.968. The highest BCUT2D eigenvalue weighted by molar-refractivity contribution is 5.36. The fourth-order valence-electron chi connectivity index (χ4n) is 1.89. The molecule has 1 aromatic carbocycles. The number of hydrogen-bond acceptors (Lipinski definition) is 2. The normalized spacial score (nSPS) is 12.2. The van der Waals surface area contributed by atoms with Crippen LogP contribution in [0.25, 0.3) is 0 Å². The van der Waals surface area contributed by atoms with Crippen LogP contribution in [0.5, 0.6) is 5.75 Å². The second kappa shape index (κ2) is 7.93. The van der Waals surface area contributed by atoms with Gasteiger partial charge in [-0.1, -0.05) is 38.6 Å². The number of nitrogens with one attached hydrogen (secondary N) is 1. The first kappa shape index (κ1) is 14.8. The van der Waals surface area contributed by atoms with E-state index >= 15 is 0 Å². The van der Waals surface area contributed by atoms with E-state index in [1.807, 2.05) is 19.1 Å². The van der Waals surface area contributed by atoms with Crippen LogP contribution in [-0.4, -0.2) is 13.2 Å². The molecular formula is C16H25NO. The minimum absolute atomic E-state index is 0.367. The van der Waals surface area contributed by atoms with E-state index < -0.39 is 0 Å². The van der Waals surface area contributed by atoms with Gasteiger partial charge in [0, 0.05) is 11.6 Å². The molecule has 1 unspecified atom stereocenters. The van der Waals surface area contributed by atoms with E-state index in [2.05, 4.69) is 37.9 Å². The summed E-state index contributed by atoms with van der Waals surface area (Å²) in [4.78, 5) is 0. The van der Waals surface area contributed by atoms with Crippen LogP contribution in [-0.2, 0) is 0 Å². The van der Waals surface area contributed by atoms with E-state index in [0.717, 1.165) is 30.7 Å². The molecule has 0 aromatic heterocycles. The van der Waals surface area contributed by atoms with Crippen LogP contribution in [0.3, 0.4) is 0 Å². The fourth-order valence-corrected chi connectivity index (χ4v) is 1.89. The molecule has 0 saturated carbocycles. The summed E-state index contributed by atoms with van der Waals surface area (Å²) in [7, 11) is 0. The molecule has 1 atom stereocenters. The molecule has 0 bridgehead atoms. The van der Waals surface area contributed by atoms with Crippen LogP contribution in [0.2, 0.25) is 0 Å². The van der Waals surface area contributed by atoms with Crippen molar-refractivity contribution in [2.24, 2.45) is 0 Å². The Morgan fingerprint density at radius 3 is 2.67 bits per heavy atom. The predicted molar refractivity (Wildman–Crippen MR) is 78.1 cm³/mol. The van der Waals surface area contributed by atoms with Crippen molar-refractivity contribution < 1.29 is 4.74 Å². The summed E-state index contributed by atoms with van der Waals surface area (Å²) >= 11 is 0. The maximum atomic E-state index is 5.82. The third-order valence-electron chi connectivity index (χ3n) is 2.82. The summed E-state index contributed by atoms with van der Waals surface area (Å²) in [6, 6.07) is 8.63. The van der Waals surface area contributed by atoms with Crippen molar-refractivity contribution in [3.63, 3.8) is 0 Å². The van der Waals surface area contributed by atoms with Crippen LogP contribution in [0.1, 0.15) is 45.2 Å². The largest absolute Gasteiger partial charge is 0.489 e. The molecule has 0 aliphatic heterocycles. The Labute approximate surface area is 111 Å². The molecule has 0 saturated heterocycles. The fraction of sp³-hybridized carbons (Fsp3) is 0.500. The van der Waals surface area contributed by atoms with E-state index in [1.54, 1.807) is 0 Å². The van der Waals surface area contributed by atoms with Crippen molar-refractivity contribution in [1.82, 2.24) is 5.32 Å². The topological polar surface area (TPSA) is 21.3 Å². The smallest absolute Gasteiger partial charge is 0.124 e. The number of para-hydroxylation sites is 1. The van der Waals surface area contributed by atoms with E-state index in [0.29, 0.717) is 12.6 Å². The van der Waals surface area contributed by atoms with Gasteiger partial charge in [-0.3, -0.25) is 0 Å². The van der Waals surface area contributed by atoms with Gasteiger partial charge in [0.25, 0.3) is 0 Å². The van der Waals surface area contributed by atoms with Crippen LogP contribution in [0.4, 0.5) is 0 Å². The second-order valence-corrected chi connectivity index (χ2v) is 4.70. The quantitative estimate of drug-likeness (QED) is 0.699. The molecule has 0 fully saturated rings. The Hall–Kier alpha value is -1.28. The average Bonchev–Trinajstić information content (AvgIpc) is 2.38. The van der Waals surface area contributed by atoms with Crippen LogP contribution >= 0.6 is 0 Å². The number of benzene rings is 1. The zero-order chi connectivity index (χ0) is 13.4. The van der Waals surface area contributed by atoms with Gasteiger partial charge in [-0.15, -0.1) is 0 Å². The minimum atomic E-state index is 0.367. The number of ether oxygens (including phenoxy) is 1. The van der Waals surface area contributed by atoms with Crippen LogP contribution in [0.15, 0.2) is 36.4 Å². The summed E-state index contributed by atoms with van der Waals surface area (Å²) < 4.78 is 5.82. The van der Waals surface area contributed by atoms with Crippen molar-refractivity contribution in [3.05, 3.63) is 42.0 Å². The van der Waals surface area contributed by atoms with Crippen molar-refractivity contribution in [1.29, 1.82) is 0 Å². The maximum Gasteiger partial charge on any atom is 0.124 e. The molecule has 100 valence electrons. The molecule has 0 spiro atoms. The Morgan fingerprint density at radius 1 is 1.33 bits per heavy atom. The first-order valence-corrected chi connectivity index (χ1v) is 6.78. The third kappa shape index (κ3) is 4.53. The Balaban J connectivity index is 2.81. The molecule has 0 amide bonds. The van der Waals surface area contributed by atoms with Gasteiger partial charge in [-0.25, -0.2) is 0 Å². The van der Waals surface area contributed by atoms with Gasteiger partial charge < -0.3 is 10.1 Å². The van der Waals surface area contributed by atoms with Gasteiger partial charge >= 0.3 is 0 Å². The zero-order valence-electron chi connectivity index (χ0n) is 11.8. The molecule has 0 heterocycles. The van der Waals surface area contributed by atoms with E-state index in [-0.39, 0.29) is 0 Å². The molecule has 1 aromatic rings. The SMILES string of the molecule is C=C(C)COc1ccccc1C(CC)NCCC. The number of hydrogen-bond donors (Lipinski definition) is 1. The first-order chi connectivity index (χ1) is 8.69. The molecular weight excluding hydrogens is 222 g/mol. The van der Waals surface area contributed by atoms with Gasteiger partial charge in [0.2, 0.25) is 0 Å². The molecule has 1 N–H and O–H groups in total. The lowest BCUT2D eigenvalue weighted by Gasteiger charge is -2.20. The lowest BCUT2D eigenvalue weighted by molar-refractivity contribution is 0.342. The second-order valence-electron chi connectivity index (χ2n) is 4.70. The monoisotopic (exact) mass is 247 g/mol. The minimum Gasteiger partial charge on any atom is -0.489 e. The van der Waals surface area contributed by atoms with E-state index in [1.165, 1.54) is 5.56 Å². The van der Waals surface area contributed by atoms with E-state index in [4.69, 9.17) is 4.74 Å². The van der Waals surface area contributed by atoms with Gasteiger partial charge in [0.15, 0.2) is 0 Å². The van der Waals surface area contributed by atoms with Crippen molar-refractivity contribution in [2.45, 2.75) is 39.7 Å². The van der Waals surface area contributed by atoms with Crippen molar-refractivity contribution >= 4 is 0 Å². The highest BCUT2D eigenvalue weighted by atomic mass is 16.5. The molecule has 1 rings (SSSR count). The van der Waals surface area contributed by atoms with Crippen LogP contribution in [0, 0.1) is 0 Å².